The maximum absolute atomic E-state index is 12.1. The molecule has 3 rings (SSSR count). The first-order valence-electron chi connectivity index (χ1n) is 8.00. The number of hydrogen-bond acceptors (Lipinski definition) is 2. The molecule has 1 amide bonds. The van der Waals surface area contributed by atoms with Crippen LogP contribution < -0.4 is 10.2 Å². The molecule has 0 unspecified atom stereocenters. The zero-order valence-corrected chi connectivity index (χ0v) is 14.1. The lowest BCUT2D eigenvalue weighted by molar-refractivity contribution is 0.0954. The Morgan fingerprint density at radius 3 is 2.78 bits per heavy atom. The highest BCUT2D eigenvalue weighted by molar-refractivity contribution is 6.30. The van der Waals surface area contributed by atoms with Crippen molar-refractivity contribution in [2.75, 3.05) is 25.0 Å². The van der Waals surface area contributed by atoms with Gasteiger partial charge in [-0.15, -0.1) is 0 Å². The fraction of sp³-hybridized carbons (Fsp3) is 0.316. The molecule has 1 aliphatic heterocycles. The lowest BCUT2D eigenvalue weighted by atomic mass is 9.98. The zero-order chi connectivity index (χ0) is 16.2. The summed E-state index contributed by atoms with van der Waals surface area (Å²) in [5, 5.41) is 3.60. The van der Waals surface area contributed by atoms with Crippen molar-refractivity contribution < 1.29 is 4.79 Å². The summed E-state index contributed by atoms with van der Waals surface area (Å²) in [5.74, 6) is -0.0561. The van der Waals surface area contributed by atoms with Crippen molar-refractivity contribution in [3.05, 3.63) is 64.2 Å². The Hall–Kier alpha value is -2.00. The Morgan fingerprint density at radius 2 is 2.00 bits per heavy atom. The normalized spacial score (nSPS) is 13.6. The van der Waals surface area contributed by atoms with Crippen molar-refractivity contribution in [1.29, 1.82) is 0 Å². The van der Waals surface area contributed by atoms with E-state index in [1.54, 1.807) is 24.3 Å². The van der Waals surface area contributed by atoms with Gasteiger partial charge < -0.3 is 10.2 Å². The largest absolute Gasteiger partial charge is 0.374 e. The van der Waals surface area contributed by atoms with Gasteiger partial charge in [0.15, 0.2) is 0 Å². The number of hydrogen-bond donors (Lipinski definition) is 1. The monoisotopic (exact) mass is 328 g/mol. The fourth-order valence-electron chi connectivity index (χ4n) is 3.02. The summed E-state index contributed by atoms with van der Waals surface area (Å²) in [5.41, 5.74) is 4.67. The Kier molecular flexibility index (Phi) is 4.87. The molecule has 2 aromatic carbocycles. The highest BCUT2D eigenvalue weighted by atomic mass is 35.5. The molecule has 23 heavy (non-hydrogen) atoms. The molecule has 0 radical (unpaired) electrons. The molecular weight excluding hydrogens is 308 g/mol. The van der Waals surface area contributed by atoms with E-state index in [9.17, 15) is 4.79 Å². The van der Waals surface area contributed by atoms with E-state index in [4.69, 9.17) is 11.6 Å². The number of carbonyl (C=O) groups is 1. The van der Waals surface area contributed by atoms with Crippen molar-refractivity contribution in [2.24, 2.45) is 0 Å². The van der Waals surface area contributed by atoms with Gasteiger partial charge in [0.05, 0.1) is 0 Å². The van der Waals surface area contributed by atoms with Crippen LogP contribution >= 0.6 is 11.6 Å². The van der Waals surface area contributed by atoms with Crippen molar-refractivity contribution in [1.82, 2.24) is 5.32 Å². The smallest absolute Gasteiger partial charge is 0.251 e. The van der Waals surface area contributed by atoms with Crippen LogP contribution in [0.4, 0.5) is 5.69 Å². The third kappa shape index (κ3) is 3.85. The van der Waals surface area contributed by atoms with E-state index < -0.39 is 0 Å². The summed E-state index contributed by atoms with van der Waals surface area (Å²) < 4.78 is 0. The number of halogens is 1. The number of amides is 1. The van der Waals surface area contributed by atoms with Gasteiger partial charge in [-0.1, -0.05) is 23.7 Å². The third-order valence-electron chi connectivity index (χ3n) is 4.30. The standard InChI is InChI=1S/C19H21ClN2O/c1-22-12-2-3-16-13-14(4-9-18(16)22)10-11-21-19(23)15-5-7-17(20)8-6-15/h4-9,13H,2-3,10-12H2,1H3,(H,21,23). The van der Waals surface area contributed by atoms with Gasteiger partial charge in [0.25, 0.3) is 5.91 Å². The quantitative estimate of drug-likeness (QED) is 0.928. The Bertz CT molecular complexity index is 697. The molecule has 120 valence electrons. The van der Waals surface area contributed by atoms with Gasteiger partial charge in [-0.25, -0.2) is 0 Å². The van der Waals surface area contributed by atoms with Crippen LogP contribution in [-0.4, -0.2) is 26.0 Å². The highest BCUT2D eigenvalue weighted by Gasteiger charge is 2.13. The minimum Gasteiger partial charge on any atom is -0.374 e. The van der Waals surface area contributed by atoms with Crippen molar-refractivity contribution in [2.45, 2.75) is 19.3 Å². The molecule has 0 bridgehead atoms. The second-order valence-corrected chi connectivity index (χ2v) is 6.44. The molecule has 2 aromatic rings. The number of rotatable bonds is 4. The van der Waals surface area contributed by atoms with Crippen molar-refractivity contribution >= 4 is 23.2 Å². The first-order chi connectivity index (χ1) is 11.1. The number of fused-ring (bicyclic) bond motifs is 1. The summed E-state index contributed by atoms with van der Waals surface area (Å²) in [6.07, 6.45) is 3.20. The van der Waals surface area contributed by atoms with E-state index in [2.05, 4.69) is 35.5 Å². The van der Waals surface area contributed by atoms with Crippen molar-refractivity contribution in [3.8, 4) is 0 Å². The van der Waals surface area contributed by atoms with Crippen LogP contribution in [0, 0.1) is 0 Å². The third-order valence-corrected chi connectivity index (χ3v) is 4.55. The molecule has 3 nitrogen and oxygen atoms in total. The SMILES string of the molecule is CN1CCCc2cc(CCNC(=O)c3ccc(Cl)cc3)ccc21. The lowest BCUT2D eigenvalue weighted by Crippen LogP contribution is -2.26. The summed E-state index contributed by atoms with van der Waals surface area (Å²) in [6, 6.07) is 13.6. The van der Waals surface area contributed by atoms with Crippen LogP contribution in [0.5, 0.6) is 0 Å². The topological polar surface area (TPSA) is 32.3 Å². The van der Waals surface area contributed by atoms with Crippen LogP contribution in [0.2, 0.25) is 5.02 Å². The summed E-state index contributed by atoms with van der Waals surface area (Å²) in [4.78, 5) is 14.4. The average molecular weight is 329 g/mol. The Morgan fingerprint density at radius 1 is 1.22 bits per heavy atom. The minimum atomic E-state index is -0.0561. The van der Waals surface area contributed by atoms with Gasteiger partial charge in [0.1, 0.15) is 0 Å². The maximum Gasteiger partial charge on any atom is 0.251 e. The Labute approximate surface area is 142 Å². The maximum atomic E-state index is 12.1. The highest BCUT2D eigenvalue weighted by Crippen LogP contribution is 2.26. The predicted octanol–water partition coefficient (Wildman–Crippen LogP) is 3.69. The summed E-state index contributed by atoms with van der Waals surface area (Å²) >= 11 is 5.83. The van der Waals surface area contributed by atoms with Crippen LogP contribution in [0.1, 0.15) is 27.9 Å². The molecule has 1 aliphatic rings. The molecule has 1 heterocycles. The first kappa shape index (κ1) is 15.9. The summed E-state index contributed by atoms with van der Waals surface area (Å²) in [6.45, 7) is 1.76. The molecule has 4 heteroatoms. The molecular formula is C19H21ClN2O. The number of benzene rings is 2. The minimum absolute atomic E-state index is 0.0561. The molecule has 0 fully saturated rings. The van der Waals surface area contributed by atoms with Crippen LogP contribution in [0.15, 0.2) is 42.5 Å². The second-order valence-electron chi connectivity index (χ2n) is 6.00. The van der Waals surface area contributed by atoms with E-state index >= 15 is 0 Å². The van der Waals surface area contributed by atoms with Crippen LogP contribution in [0.3, 0.4) is 0 Å². The summed E-state index contributed by atoms with van der Waals surface area (Å²) in [7, 11) is 2.14. The second kappa shape index (κ2) is 7.05. The van der Waals surface area contributed by atoms with E-state index in [-0.39, 0.29) is 5.91 Å². The van der Waals surface area contributed by atoms with Gasteiger partial charge in [0.2, 0.25) is 0 Å². The van der Waals surface area contributed by atoms with Crippen molar-refractivity contribution in [3.63, 3.8) is 0 Å². The lowest BCUT2D eigenvalue weighted by Gasteiger charge is -2.27. The van der Waals surface area contributed by atoms with Gasteiger partial charge in [-0.05, 0) is 60.7 Å². The van der Waals surface area contributed by atoms with Gasteiger partial charge in [-0.3, -0.25) is 4.79 Å². The molecule has 0 aliphatic carbocycles. The molecule has 0 spiro atoms. The van der Waals surface area contributed by atoms with E-state index in [0.717, 1.165) is 19.4 Å². The van der Waals surface area contributed by atoms with Gasteiger partial charge in [0, 0.05) is 36.4 Å². The van der Waals surface area contributed by atoms with Crippen LogP contribution in [-0.2, 0) is 12.8 Å². The molecule has 0 aromatic heterocycles. The average Bonchev–Trinajstić information content (AvgIpc) is 2.55. The molecule has 1 N–H and O–H groups in total. The van der Waals surface area contributed by atoms with E-state index in [1.807, 2.05) is 0 Å². The number of aryl methyl sites for hydroxylation is 1. The Balaban J connectivity index is 1.56. The molecule has 0 saturated heterocycles. The van der Waals surface area contributed by atoms with Gasteiger partial charge >= 0.3 is 0 Å². The zero-order valence-electron chi connectivity index (χ0n) is 13.3. The first-order valence-corrected chi connectivity index (χ1v) is 8.38. The van der Waals surface area contributed by atoms with Gasteiger partial charge in [-0.2, -0.15) is 0 Å². The fourth-order valence-corrected chi connectivity index (χ4v) is 3.14. The number of anilines is 1. The molecule has 0 saturated carbocycles. The predicted molar refractivity (Wildman–Crippen MR) is 95.5 cm³/mol. The number of nitrogens with zero attached hydrogens (tertiary/aromatic N) is 1. The van der Waals surface area contributed by atoms with E-state index in [1.165, 1.54) is 23.2 Å². The van der Waals surface area contributed by atoms with Crippen LogP contribution in [0.25, 0.3) is 0 Å². The van der Waals surface area contributed by atoms with E-state index in [0.29, 0.717) is 17.1 Å². The molecule has 0 atom stereocenters. The number of carbonyl (C=O) groups excluding carboxylic acids is 1. The number of nitrogens with one attached hydrogen (secondary N) is 1.